The SMILES string of the molecule is C=CC1CC(=O)N(c2c(C)cc(C)cc2N)C1. The first-order valence-corrected chi connectivity index (χ1v) is 5.82. The Morgan fingerprint density at radius 3 is 2.71 bits per heavy atom. The van der Waals surface area contributed by atoms with Gasteiger partial charge < -0.3 is 10.6 Å². The Hall–Kier alpha value is -1.77. The van der Waals surface area contributed by atoms with Crippen LogP contribution in [-0.4, -0.2) is 12.5 Å². The molecule has 1 aliphatic rings. The molecular formula is C14H18N2O. The quantitative estimate of drug-likeness (QED) is 0.626. The summed E-state index contributed by atoms with van der Waals surface area (Å²) >= 11 is 0. The number of rotatable bonds is 2. The van der Waals surface area contributed by atoms with Crippen LogP contribution >= 0.6 is 0 Å². The molecule has 17 heavy (non-hydrogen) atoms. The van der Waals surface area contributed by atoms with Crippen molar-refractivity contribution in [3.05, 3.63) is 35.9 Å². The van der Waals surface area contributed by atoms with E-state index in [0.717, 1.165) is 16.8 Å². The molecule has 1 aromatic rings. The highest BCUT2D eigenvalue weighted by molar-refractivity contribution is 5.99. The highest BCUT2D eigenvalue weighted by Crippen LogP contribution is 2.33. The van der Waals surface area contributed by atoms with Crippen molar-refractivity contribution in [2.45, 2.75) is 20.3 Å². The van der Waals surface area contributed by atoms with Crippen LogP contribution in [-0.2, 0) is 4.79 Å². The molecule has 2 rings (SSSR count). The van der Waals surface area contributed by atoms with Gasteiger partial charge in [0.2, 0.25) is 5.91 Å². The summed E-state index contributed by atoms with van der Waals surface area (Å²) < 4.78 is 0. The van der Waals surface area contributed by atoms with Crippen LogP contribution in [0.25, 0.3) is 0 Å². The molecule has 1 aliphatic heterocycles. The second-order valence-corrected chi connectivity index (χ2v) is 4.72. The van der Waals surface area contributed by atoms with Crippen LogP contribution in [0.3, 0.4) is 0 Å². The van der Waals surface area contributed by atoms with Crippen molar-refractivity contribution in [3.63, 3.8) is 0 Å². The Kier molecular flexibility index (Phi) is 2.92. The van der Waals surface area contributed by atoms with Crippen LogP contribution in [0, 0.1) is 19.8 Å². The molecule has 1 saturated heterocycles. The number of carbonyl (C=O) groups excluding carboxylic acids is 1. The largest absolute Gasteiger partial charge is 0.397 e. The first-order chi connectivity index (χ1) is 8.02. The van der Waals surface area contributed by atoms with Gasteiger partial charge in [-0.3, -0.25) is 4.79 Å². The van der Waals surface area contributed by atoms with E-state index < -0.39 is 0 Å². The molecule has 1 atom stereocenters. The second-order valence-electron chi connectivity index (χ2n) is 4.72. The molecule has 0 aliphatic carbocycles. The van der Waals surface area contributed by atoms with Crippen LogP contribution in [0.5, 0.6) is 0 Å². The van der Waals surface area contributed by atoms with Gasteiger partial charge in [-0.15, -0.1) is 6.58 Å². The lowest BCUT2D eigenvalue weighted by Crippen LogP contribution is -2.26. The Morgan fingerprint density at radius 1 is 1.47 bits per heavy atom. The lowest BCUT2D eigenvalue weighted by molar-refractivity contribution is -0.117. The fourth-order valence-corrected chi connectivity index (χ4v) is 2.47. The van der Waals surface area contributed by atoms with Gasteiger partial charge in [0.05, 0.1) is 11.4 Å². The first kappa shape index (κ1) is 11.7. The lowest BCUT2D eigenvalue weighted by Gasteiger charge is -2.21. The molecule has 0 aromatic heterocycles. The van der Waals surface area contributed by atoms with Gasteiger partial charge in [0, 0.05) is 18.9 Å². The molecule has 0 saturated carbocycles. The van der Waals surface area contributed by atoms with Crippen molar-refractivity contribution < 1.29 is 4.79 Å². The number of nitrogens with two attached hydrogens (primary N) is 1. The predicted octanol–water partition coefficient (Wildman–Crippen LogP) is 2.42. The Labute approximate surface area is 102 Å². The number of carbonyl (C=O) groups is 1. The van der Waals surface area contributed by atoms with E-state index in [9.17, 15) is 4.79 Å². The predicted molar refractivity (Wildman–Crippen MR) is 71.0 cm³/mol. The zero-order chi connectivity index (χ0) is 12.6. The van der Waals surface area contributed by atoms with Crippen LogP contribution in [0.1, 0.15) is 17.5 Å². The first-order valence-electron chi connectivity index (χ1n) is 5.82. The van der Waals surface area contributed by atoms with Crippen molar-refractivity contribution in [3.8, 4) is 0 Å². The normalized spacial score (nSPS) is 19.8. The summed E-state index contributed by atoms with van der Waals surface area (Å²) in [6.07, 6.45) is 2.38. The third-order valence-corrected chi connectivity index (χ3v) is 3.23. The molecule has 0 radical (unpaired) electrons. The molecule has 1 amide bonds. The summed E-state index contributed by atoms with van der Waals surface area (Å²) in [4.78, 5) is 13.7. The lowest BCUT2D eigenvalue weighted by atomic mass is 10.1. The molecule has 3 nitrogen and oxygen atoms in total. The van der Waals surface area contributed by atoms with Crippen molar-refractivity contribution in [1.82, 2.24) is 0 Å². The minimum absolute atomic E-state index is 0.133. The minimum atomic E-state index is 0.133. The molecule has 0 spiro atoms. The summed E-state index contributed by atoms with van der Waals surface area (Å²) in [5, 5.41) is 0. The topological polar surface area (TPSA) is 46.3 Å². The Bertz CT molecular complexity index is 456. The maximum Gasteiger partial charge on any atom is 0.227 e. The number of nitrogens with zero attached hydrogens (tertiary/aromatic N) is 1. The molecule has 3 heteroatoms. The van der Waals surface area contributed by atoms with E-state index in [1.54, 1.807) is 4.90 Å². The van der Waals surface area contributed by atoms with Crippen molar-refractivity contribution in [2.24, 2.45) is 5.92 Å². The van der Waals surface area contributed by atoms with Gasteiger partial charge >= 0.3 is 0 Å². The fraction of sp³-hybridized carbons (Fsp3) is 0.357. The molecule has 0 bridgehead atoms. The monoisotopic (exact) mass is 230 g/mol. The van der Waals surface area contributed by atoms with Crippen LogP contribution in [0.4, 0.5) is 11.4 Å². The zero-order valence-corrected chi connectivity index (χ0v) is 10.4. The number of amides is 1. The van der Waals surface area contributed by atoms with E-state index in [1.807, 2.05) is 26.0 Å². The summed E-state index contributed by atoms with van der Waals surface area (Å²) in [6, 6.07) is 3.97. The van der Waals surface area contributed by atoms with Crippen LogP contribution in [0.15, 0.2) is 24.8 Å². The van der Waals surface area contributed by atoms with Gasteiger partial charge in [-0.1, -0.05) is 12.1 Å². The summed E-state index contributed by atoms with van der Waals surface area (Å²) in [7, 11) is 0. The fourth-order valence-electron chi connectivity index (χ4n) is 2.47. The van der Waals surface area contributed by atoms with E-state index in [-0.39, 0.29) is 11.8 Å². The molecule has 1 heterocycles. The van der Waals surface area contributed by atoms with E-state index in [0.29, 0.717) is 18.7 Å². The standard InChI is InChI=1S/C14H18N2O/c1-4-11-7-13(17)16(8-11)14-10(3)5-9(2)6-12(14)15/h4-6,11H,1,7-8,15H2,2-3H3. The third-order valence-electron chi connectivity index (χ3n) is 3.23. The number of hydrogen-bond donors (Lipinski definition) is 1. The summed E-state index contributed by atoms with van der Waals surface area (Å²) in [5.41, 5.74) is 9.76. The van der Waals surface area contributed by atoms with Gasteiger partial charge in [0.1, 0.15) is 0 Å². The second kappa shape index (κ2) is 4.24. The van der Waals surface area contributed by atoms with E-state index in [1.165, 1.54) is 0 Å². The van der Waals surface area contributed by atoms with E-state index in [2.05, 4.69) is 12.6 Å². The molecule has 1 aromatic carbocycles. The van der Waals surface area contributed by atoms with Gasteiger partial charge in [-0.2, -0.15) is 0 Å². The highest BCUT2D eigenvalue weighted by Gasteiger charge is 2.30. The smallest absolute Gasteiger partial charge is 0.227 e. The average molecular weight is 230 g/mol. The Morgan fingerprint density at radius 2 is 2.18 bits per heavy atom. The van der Waals surface area contributed by atoms with Crippen molar-refractivity contribution in [2.75, 3.05) is 17.2 Å². The molecular weight excluding hydrogens is 212 g/mol. The van der Waals surface area contributed by atoms with Crippen molar-refractivity contribution >= 4 is 17.3 Å². The van der Waals surface area contributed by atoms with Gasteiger partial charge in [0.25, 0.3) is 0 Å². The minimum Gasteiger partial charge on any atom is -0.397 e. The van der Waals surface area contributed by atoms with Crippen LogP contribution < -0.4 is 10.6 Å². The summed E-state index contributed by atoms with van der Waals surface area (Å²) in [6.45, 7) is 8.44. The molecule has 2 N–H and O–H groups in total. The summed E-state index contributed by atoms with van der Waals surface area (Å²) in [5.74, 6) is 0.371. The van der Waals surface area contributed by atoms with Gasteiger partial charge in [0.15, 0.2) is 0 Å². The number of anilines is 2. The van der Waals surface area contributed by atoms with Gasteiger partial charge in [-0.25, -0.2) is 0 Å². The third kappa shape index (κ3) is 2.05. The van der Waals surface area contributed by atoms with Gasteiger partial charge in [-0.05, 0) is 31.0 Å². The van der Waals surface area contributed by atoms with E-state index >= 15 is 0 Å². The number of nitrogen functional groups attached to an aromatic ring is 1. The Balaban J connectivity index is 2.41. The van der Waals surface area contributed by atoms with Crippen LogP contribution in [0.2, 0.25) is 0 Å². The number of hydrogen-bond acceptors (Lipinski definition) is 2. The van der Waals surface area contributed by atoms with E-state index in [4.69, 9.17) is 5.73 Å². The number of aryl methyl sites for hydroxylation is 2. The zero-order valence-electron chi connectivity index (χ0n) is 10.4. The maximum atomic E-state index is 12.0. The maximum absolute atomic E-state index is 12.0. The number of benzene rings is 1. The highest BCUT2D eigenvalue weighted by atomic mass is 16.2. The average Bonchev–Trinajstić information content (AvgIpc) is 2.59. The molecule has 1 fully saturated rings. The molecule has 90 valence electrons. The molecule has 1 unspecified atom stereocenters. The van der Waals surface area contributed by atoms with Crippen molar-refractivity contribution in [1.29, 1.82) is 0 Å².